The minimum absolute atomic E-state index is 0.850. The zero-order chi connectivity index (χ0) is 25.1. The maximum atomic E-state index is 4.96. The molecule has 0 atom stereocenters. The van der Waals surface area contributed by atoms with Gasteiger partial charge in [-0.25, -0.2) is 0 Å². The van der Waals surface area contributed by atoms with Gasteiger partial charge in [-0.2, -0.15) is 0 Å². The summed E-state index contributed by atoms with van der Waals surface area (Å²) < 4.78 is 0. The lowest BCUT2D eigenvalue weighted by Gasteiger charge is -2.45. The molecule has 37 heavy (non-hydrogen) atoms. The Hall–Kier alpha value is -4.70. The van der Waals surface area contributed by atoms with Crippen LogP contribution in [0.2, 0.25) is 0 Å². The first-order valence-corrected chi connectivity index (χ1v) is 12.4. The molecule has 1 aliphatic rings. The minimum atomic E-state index is -1.19. The summed E-state index contributed by atoms with van der Waals surface area (Å²) in [4.78, 5) is 0. The van der Waals surface area contributed by atoms with E-state index in [-0.39, 0.29) is 0 Å². The third-order valence-electron chi connectivity index (χ3n) is 7.20. The molecule has 0 fully saturated rings. The van der Waals surface area contributed by atoms with Crippen molar-refractivity contribution in [3.8, 4) is 11.1 Å². The summed E-state index contributed by atoms with van der Waals surface area (Å²) in [6.45, 7) is 2.10. The van der Waals surface area contributed by atoms with Crippen LogP contribution in [0.25, 0.3) is 11.1 Å². The topological polar surface area (TPSA) is 49.4 Å². The Morgan fingerprint density at radius 2 is 0.946 bits per heavy atom. The molecule has 0 aromatic heterocycles. The van der Waals surface area contributed by atoms with Gasteiger partial charge in [-0.15, -0.1) is 10.2 Å². The molecule has 0 bridgehead atoms. The molecular formula is C33H26N4. The first kappa shape index (κ1) is 22.7. The zero-order valence-corrected chi connectivity index (χ0v) is 20.6. The summed E-state index contributed by atoms with van der Waals surface area (Å²) in [7, 11) is 0. The van der Waals surface area contributed by atoms with E-state index in [0.29, 0.717) is 0 Å². The zero-order valence-electron chi connectivity index (χ0n) is 20.6. The van der Waals surface area contributed by atoms with E-state index in [1.54, 1.807) is 0 Å². The second-order valence-electron chi connectivity index (χ2n) is 9.31. The molecule has 0 N–H and O–H groups in total. The van der Waals surface area contributed by atoms with Gasteiger partial charge < -0.3 is 0 Å². The largest absolute Gasteiger partial charge is 0.238 e. The average Bonchev–Trinajstić information content (AvgIpc) is 3.47. The Morgan fingerprint density at radius 3 is 1.41 bits per heavy atom. The lowest BCUT2D eigenvalue weighted by atomic mass is 9.59. The first-order chi connectivity index (χ1) is 18.3. The number of hydrogen-bond donors (Lipinski definition) is 0. The summed E-state index contributed by atoms with van der Waals surface area (Å²) in [6, 6.07) is 48.4. The third kappa shape index (κ3) is 3.61. The van der Waals surface area contributed by atoms with Gasteiger partial charge in [0.15, 0.2) is 0 Å². The highest BCUT2D eigenvalue weighted by atomic mass is 15.6. The van der Waals surface area contributed by atoms with Crippen LogP contribution in [-0.2, 0) is 11.1 Å². The number of aryl methyl sites for hydroxylation is 1. The van der Waals surface area contributed by atoms with Crippen molar-refractivity contribution in [2.45, 2.75) is 18.0 Å². The lowest BCUT2D eigenvalue weighted by molar-refractivity contribution is 0.318. The van der Waals surface area contributed by atoms with E-state index >= 15 is 0 Å². The van der Waals surface area contributed by atoms with Crippen molar-refractivity contribution in [1.82, 2.24) is 0 Å². The molecule has 0 unspecified atom stereocenters. The molecule has 0 saturated heterocycles. The predicted molar refractivity (Wildman–Crippen MR) is 147 cm³/mol. The van der Waals surface area contributed by atoms with Gasteiger partial charge in [0.05, 0.1) is 5.41 Å². The summed E-state index contributed by atoms with van der Waals surface area (Å²) >= 11 is 0. The van der Waals surface area contributed by atoms with Crippen LogP contribution in [0.1, 0.15) is 27.8 Å². The van der Waals surface area contributed by atoms with Gasteiger partial charge >= 0.3 is 0 Å². The van der Waals surface area contributed by atoms with E-state index in [4.69, 9.17) is 10.2 Å². The SMILES string of the molecule is Cc1ccc(-c2ccccc2)c(C2(C(c3ccccc3)(c3ccccc3)c3ccccc3)N=NN=N2)c1. The molecule has 0 aliphatic carbocycles. The molecule has 1 heterocycles. The second-order valence-corrected chi connectivity index (χ2v) is 9.31. The number of nitrogens with zero attached hydrogens (tertiary/aromatic N) is 4. The van der Waals surface area contributed by atoms with Crippen LogP contribution in [0, 0.1) is 6.92 Å². The van der Waals surface area contributed by atoms with Crippen LogP contribution < -0.4 is 0 Å². The van der Waals surface area contributed by atoms with Crippen LogP contribution in [0.15, 0.2) is 160 Å². The highest BCUT2D eigenvalue weighted by Gasteiger charge is 2.60. The molecule has 178 valence electrons. The lowest BCUT2D eigenvalue weighted by Crippen LogP contribution is -2.48. The average molecular weight is 479 g/mol. The van der Waals surface area contributed by atoms with Crippen molar-refractivity contribution in [2.24, 2.45) is 20.7 Å². The Kier molecular flexibility index (Phi) is 5.78. The van der Waals surface area contributed by atoms with Crippen LogP contribution >= 0.6 is 0 Å². The molecule has 6 rings (SSSR count). The predicted octanol–water partition coefficient (Wildman–Crippen LogP) is 8.68. The van der Waals surface area contributed by atoms with Gasteiger partial charge in [-0.05, 0) is 45.2 Å². The maximum Gasteiger partial charge on any atom is 0.238 e. The van der Waals surface area contributed by atoms with E-state index in [1.807, 2.05) is 24.3 Å². The van der Waals surface area contributed by atoms with Gasteiger partial charge in [-0.1, -0.05) is 145 Å². The second kappa shape index (κ2) is 9.40. The molecule has 0 amide bonds. The van der Waals surface area contributed by atoms with Crippen LogP contribution in [-0.4, -0.2) is 0 Å². The first-order valence-electron chi connectivity index (χ1n) is 12.4. The highest BCUT2D eigenvalue weighted by Crippen LogP contribution is 2.58. The van der Waals surface area contributed by atoms with E-state index in [0.717, 1.165) is 38.9 Å². The number of benzene rings is 5. The van der Waals surface area contributed by atoms with Gasteiger partial charge in [0.2, 0.25) is 5.66 Å². The van der Waals surface area contributed by atoms with E-state index in [9.17, 15) is 0 Å². The fraction of sp³-hybridized carbons (Fsp3) is 0.0909. The molecule has 1 aliphatic heterocycles. The molecular weight excluding hydrogens is 452 g/mol. The molecule has 5 aromatic rings. The maximum absolute atomic E-state index is 4.96. The molecule has 4 heteroatoms. The van der Waals surface area contributed by atoms with Gasteiger partial charge in [0.25, 0.3) is 0 Å². The van der Waals surface area contributed by atoms with Crippen molar-refractivity contribution < 1.29 is 0 Å². The van der Waals surface area contributed by atoms with Crippen molar-refractivity contribution in [1.29, 1.82) is 0 Å². The third-order valence-corrected chi connectivity index (χ3v) is 7.20. The fourth-order valence-corrected chi connectivity index (χ4v) is 5.63. The normalized spacial score (nSPS) is 14.1. The molecule has 4 nitrogen and oxygen atoms in total. The Labute approximate surface area is 217 Å². The van der Waals surface area contributed by atoms with E-state index in [2.05, 4.69) is 133 Å². The van der Waals surface area contributed by atoms with Crippen LogP contribution in [0.4, 0.5) is 0 Å². The quantitative estimate of drug-likeness (QED) is 0.219. The Morgan fingerprint density at radius 1 is 0.514 bits per heavy atom. The van der Waals surface area contributed by atoms with Crippen molar-refractivity contribution in [3.63, 3.8) is 0 Å². The Bertz CT molecular complexity index is 1450. The van der Waals surface area contributed by atoms with Gasteiger partial charge in [0.1, 0.15) is 0 Å². The van der Waals surface area contributed by atoms with E-state index in [1.165, 1.54) is 0 Å². The summed E-state index contributed by atoms with van der Waals surface area (Å²) in [6.07, 6.45) is 0. The fourth-order valence-electron chi connectivity index (χ4n) is 5.63. The standard InChI is InChI=1S/C33H26N4/c1-25-22-23-30(26-14-6-2-7-15-26)31(24-25)33(34-36-37-35-33)32(27-16-8-3-9-17-27,28-18-10-4-11-19-28)29-20-12-5-13-21-29/h2-24H,1H3. The number of hydrogen-bond acceptors (Lipinski definition) is 4. The monoisotopic (exact) mass is 478 g/mol. The molecule has 0 radical (unpaired) electrons. The minimum Gasteiger partial charge on any atom is -0.128 e. The van der Waals surface area contributed by atoms with E-state index < -0.39 is 11.1 Å². The summed E-state index contributed by atoms with van der Waals surface area (Å²) in [5.41, 5.74) is 5.38. The summed E-state index contributed by atoms with van der Waals surface area (Å²) in [5.74, 6) is 0. The molecule has 0 spiro atoms. The van der Waals surface area contributed by atoms with Gasteiger partial charge in [-0.3, -0.25) is 0 Å². The van der Waals surface area contributed by atoms with Crippen molar-refractivity contribution in [3.05, 3.63) is 167 Å². The van der Waals surface area contributed by atoms with Crippen LogP contribution in [0.3, 0.4) is 0 Å². The van der Waals surface area contributed by atoms with Crippen LogP contribution in [0.5, 0.6) is 0 Å². The summed E-state index contributed by atoms with van der Waals surface area (Å²) in [5, 5.41) is 18.3. The van der Waals surface area contributed by atoms with Crippen molar-refractivity contribution >= 4 is 0 Å². The smallest absolute Gasteiger partial charge is 0.128 e. The Balaban J connectivity index is 1.80. The molecule has 5 aromatic carbocycles. The number of rotatable bonds is 6. The van der Waals surface area contributed by atoms with Crippen molar-refractivity contribution in [2.75, 3.05) is 0 Å². The van der Waals surface area contributed by atoms with Gasteiger partial charge in [0, 0.05) is 5.56 Å². The molecule has 0 saturated carbocycles. The highest BCUT2D eigenvalue weighted by molar-refractivity contribution is 5.72.